The molecule has 7 rings (SSSR count). The molecular weight excluding hydrogens is 640 g/mol. The van der Waals surface area contributed by atoms with E-state index in [-0.39, 0.29) is 24.6 Å². The van der Waals surface area contributed by atoms with Gasteiger partial charge < -0.3 is 15.1 Å². The molecule has 49 heavy (non-hydrogen) atoms. The number of aliphatic hydroxyl groups excluding tert-OH is 1. The van der Waals surface area contributed by atoms with Crippen molar-refractivity contribution in [2.45, 2.75) is 38.0 Å². The average Bonchev–Trinajstić information content (AvgIpc) is 3.79. The molecule has 1 aliphatic rings. The fourth-order valence-corrected chi connectivity index (χ4v) is 6.71. The van der Waals surface area contributed by atoms with E-state index in [9.17, 15) is 19.8 Å². The van der Waals surface area contributed by atoms with Crippen LogP contribution in [0.4, 0.5) is 5.69 Å². The van der Waals surface area contributed by atoms with Gasteiger partial charge in [-0.05, 0) is 60.0 Å². The molecule has 3 N–H and O–H groups in total. The van der Waals surface area contributed by atoms with Gasteiger partial charge in [0.2, 0.25) is 0 Å². The molecule has 11 heteroatoms. The first-order valence-electron chi connectivity index (χ1n) is 16.1. The number of para-hydroxylation sites is 1. The minimum atomic E-state index is -1.82. The standard InChI is InChI=1S/C38H35ClN6O4/c1-25(9-7-8-20-43-23-34(40-42-43)31(24-46)27-10-3-2-4-11-27)38(49)32-21-28(39)16-19-35(32)44(37(38)48)22-26-14-17-29(18-15-26)45-36(47)30-12-5-6-13-33(30)41-45/h2-7,9-19,21,23,25,31,41,46,49H,8,20,22,24H2,1H3/b9-7+/t25-,31?,38+/m0/s1. The molecule has 2 aromatic heterocycles. The van der Waals surface area contributed by atoms with E-state index in [0.29, 0.717) is 46.0 Å². The van der Waals surface area contributed by atoms with E-state index in [2.05, 4.69) is 15.4 Å². The van der Waals surface area contributed by atoms with Gasteiger partial charge in [-0.2, -0.15) is 0 Å². The highest BCUT2D eigenvalue weighted by molar-refractivity contribution is 6.31. The highest BCUT2D eigenvalue weighted by Crippen LogP contribution is 2.46. The van der Waals surface area contributed by atoms with E-state index in [1.165, 1.54) is 4.68 Å². The molecule has 6 aromatic rings. The Balaban J connectivity index is 1.05. The van der Waals surface area contributed by atoms with E-state index in [1.54, 1.807) is 33.8 Å². The zero-order valence-electron chi connectivity index (χ0n) is 26.8. The number of anilines is 1. The second-order valence-corrected chi connectivity index (χ2v) is 12.8. The lowest BCUT2D eigenvalue weighted by Crippen LogP contribution is -2.44. The largest absolute Gasteiger partial charge is 0.395 e. The molecule has 0 fully saturated rings. The number of rotatable bonds is 11. The lowest BCUT2D eigenvalue weighted by Gasteiger charge is -2.27. The van der Waals surface area contributed by atoms with Crippen molar-refractivity contribution in [2.75, 3.05) is 11.5 Å². The second-order valence-electron chi connectivity index (χ2n) is 12.3. The van der Waals surface area contributed by atoms with Crippen LogP contribution in [0.1, 0.15) is 41.6 Å². The second kappa shape index (κ2) is 13.3. The normalized spacial score (nSPS) is 17.2. The molecule has 0 radical (unpaired) electrons. The van der Waals surface area contributed by atoms with E-state index in [4.69, 9.17) is 11.6 Å². The number of aromatic nitrogens is 5. The molecule has 0 saturated carbocycles. The summed E-state index contributed by atoms with van der Waals surface area (Å²) >= 11 is 6.38. The van der Waals surface area contributed by atoms with Crippen LogP contribution in [0.25, 0.3) is 16.6 Å². The first kappa shape index (κ1) is 32.3. The number of amides is 1. The van der Waals surface area contributed by atoms with Crippen LogP contribution in [0, 0.1) is 5.92 Å². The summed E-state index contributed by atoms with van der Waals surface area (Å²) in [6.07, 6.45) is 6.19. The summed E-state index contributed by atoms with van der Waals surface area (Å²) in [7, 11) is 0. The number of allylic oxidation sites excluding steroid dienone is 1. The molecular formula is C38H35ClN6O4. The predicted octanol–water partition coefficient (Wildman–Crippen LogP) is 5.70. The van der Waals surface area contributed by atoms with Gasteiger partial charge in [0, 0.05) is 29.2 Å². The van der Waals surface area contributed by atoms with Gasteiger partial charge in [-0.15, -0.1) is 5.10 Å². The predicted molar refractivity (Wildman–Crippen MR) is 189 cm³/mol. The Morgan fingerprint density at radius 3 is 2.49 bits per heavy atom. The number of benzene rings is 4. The van der Waals surface area contributed by atoms with Crippen LogP contribution in [-0.2, 0) is 23.5 Å². The number of halogens is 1. The number of hydrogen-bond acceptors (Lipinski definition) is 6. The Hall–Kier alpha value is -5.29. The van der Waals surface area contributed by atoms with Gasteiger partial charge in [0.25, 0.3) is 11.5 Å². The van der Waals surface area contributed by atoms with E-state index >= 15 is 0 Å². The molecule has 1 aliphatic heterocycles. The van der Waals surface area contributed by atoms with Gasteiger partial charge in [0.15, 0.2) is 5.60 Å². The zero-order chi connectivity index (χ0) is 34.1. The van der Waals surface area contributed by atoms with Crippen molar-refractivity contribution in [3.8, 4) is 5.69 Å². The molecule has 248 valence electrons. The summed E-state index contributed by atoms with van der Waals surface area (Å²) in [5, 5.41) is 34.7. The lowest BCUT2D eigenvalue weighted by molar-refractivity contribution is -0.139. The van der Waals surface area contributed by atoms with Crippen molar-refractivity contribution in [1.29, 1.82) is 0 Å². The van der Waals surface area contributed by atoms with E-state index < -0.39 is 17.4 Å². The average molecular weight is 675 g/mol. The van der Waals surface area contributed by atoms with Crippen LogP contribution < -0.4 is 10.5 Å². The minimum absolute atomic E-state index is 0.0765. The number of nitrogens with one attached hydrogen (secondary N) is 1. The molecule has 4 aromatic carbocycles. The van der Waals surface area contributed by atoms with Crippen LogP contribution in [0.15, 0.2) is 120 Å². The number of carbonyl (C=O) groups excluding carboxylic acids is 1. The highest BCUT2D eigenvalue weighted by atomic mass is 35.5. The van der Waals surface area contributed by atoms with Gasteiger partial charge >= 0.3 is 0 Å². The van der Waals surface area contributed by atoms with Crippen LogP contribution in [-0.4, -0.2) is 47.5 Å². The van der Waals surface area contributed by atoms with Gasteiger partial charge in [-0.25, -0.2) is 4.68 Å². The van der Waals surface area contributed by atoms with Gasteiger partial charge in [-0.3, -0.25) is 19.4 Å². The van der Waals surface area contributed by atoms with Crippen molar-refractivity contribution in [3.05, 3.63) is 153 Å². The zero-order valence-corrected chi connectivity index (χ0v) is 27.5. The fraction of sp³-hybridized carbons (Fsp3) is 0.211. The summed E-state index contributed by atoms with van der Waals surface area (Å²) in [4.78, 5) is 28.5. The molecule has 10 nitrogen and oxygen atoms in total. The Morgan fingerprint density at radius 1 is 0.980 bits per heavy atom. The van der Waals surface area contributed by atoms with Crippen LogP contribution in [0.2, 0.25) is 5.02 Å². The summed E-state index contributed by atoms with van der Waals surface area (Å²) in [5.74, 6) is -1.26. The van der Waals surface area contributed by atoms with Crippen molar-refractivity contribution in [3.63, 3.8) is 0 Å². The Labute approximate surface area is 287 Å². The van der Waals surface area contributed by atoms with Crippen LogP contribution in [0.3, 0.4) is 0 Å². The smallest absolute Gasteiger partial charge is 0.279 e. The summed E-state index contributed by atoms with van der Waals surface area (Å²) in [5.41, 5.74) is 3.00. The van der Waals surface area contributed by atoms with E-state index in [1.807, 2.05) is 98.1 Å². The van der Waals surface area contributed by atoms with Gasteiger partial charge in [0.05, 0.1) is 47.0 Å². The summed E-state index contributed by atoms with van der Waals surface area (Å²) in [6, 6.07) is 29.6. The Morgan fingerprint density at radius 2 is 1.73 bits per heavy atom. The third-order valence-corrected chi connectivity index (χ3v) is 9.50. The number of fused-ring (bicyclic) bond motifs is 2. The van der Waals surface area contributed by atoms with Crippen molar-refractivity contribution >= 4 is 34.1 Å². The number of aliphatic hydroxyl groups is 2. The maximum absolute atomic E-state index is 14.0. The monoisotopic (exact) mass is 674 g/mol. The van der Waals surface area contributed by atoms with Crippen molar-refractivity contribution in [2.24, 2.45) is 5.92 Å². The summed E-state index contributed by atoms with van der Waals surface area (Å²) < 4.78 is 3.22. The van der Waals surface area contributed by atoms with Crippen molar-refractivity contribution < 1.29 is 15.0 Å². The van der Waals surface area contributed by atoms with Crippen molar-refractivity contribution in [1.82, 2.24) is 24.8 Å². The topological polar surface area (TPSA) is 129 Å². The number of hydrogen-bond donors (Lipinski definition) is 3. The van der Waals surface area contributed by atoms with Gasteiger partial charge in [0.1, 0.15) is 0 Å². The molecule has 1 amide bonds. The maximum atomic E-state index is 14.0. The number of carbonyl (C=O) groups is 1. The molecule has 1 unspecified atom stereocenters. The minimum Gasteiger partial charge on any atom is -0.395 e. The summed E-state index contributed by atoms with van der Waals surface area (Å²) in [6.45, 7) is 2.49. The first-order chi connectivity index (χ1) is 23.8. The third kappa shape index (κ3) is 5.99. The molecule has 0 aliphatic carbocycles. The number of H-pyrrole nitrogens is 1. The SMILES string of the molecule is C[C@@H](/C=C/CCn1cc(C(CO)c2ccccc2)nn1)[C@]1(O)C(=O)N(Cc2ccc(-n3[nH]c4ccccc4c3=O)cc2)c2ccc(Cl)cc21. The maximum Gasteiger partial charge on any atom is 0.279 e. The molecule has 0 bridgehead atoms. The Bertz CT molecular complexity index is 2210. The molecule has 0 spiro atoms. The third-order valence-electron chi connectivity index (χ3n) is 9.27. The lowest BCUT2D eigenvalue weighted by atomic mass is 9.83. The van der Waals surface area contributed by atoms with Gasteiger partial charge in [-0.1, -0.05) is 90.5 Å². The van der Waals surface area contributed by atoms with E-state index in [0.717, 1.165) is 16.6 Å². The highest BCUT2D eigenvalue weighted by Gasteiger charge is 2.52. The quantitative estimate of drug-likeness (QED) is 0.151. The Kier molecular flexibility index (Phi) is 8.77. The number of nitrogens with zero attached hydrogens (tertiary/aromatic N) is 5. The number of aromatic amines is 1. The number of aryl methyl sites for hydroxylation is 1. The molecule has 3 heterocycles. The van der Waals surface area contributed by atoms with Crippen LogP contribution in [0.5, 0.6) is 0 Å². The van der Waals surface area contributed by atoms with Crippen LogP contribution >= 0.6 is 11.6 Å². The molecule has 3 atom stereocenters. The first-order valence-corrected chi connectivity index (χ1v) is 16.5. The molecule has 0 saturated heterocycles. The fourth-order valence-electron chi connectivity index (χ4n) is 6.53.